The van der Waals surface area contributed by atoms with Gasteiger partial charge in [0.1, 0.15) is 12.4 Å². The average molecular weight is 381 g/mol. The minimum Gasteiger partial charge on any atom is -0.491 e. The first-order chi connectivity index (χ1) is 13.3. The van der Waals surface area contributed by atoms with Gasteiger partial charge in [0.15, 0.2) is 0 Å². The normalized spacial score (nSPS) is 14.0. The Balaban J connectivity index is 1.49. The molecule has 1 heterocycles. The van der Waals surface area contributed by atoms with Crippen molar-refractivity contribution in [1.29, 1.82) is 0 Å². The SMILES string of the molecule is CC(C)c1ccc(OCCOCC(C)(C)N2C(=O)c3ccccc3C2=O)cc1. The molecule has 0 atom stereocenters. The van der Waals surface area contributed by atoms with Crippen LogP contribution in [0.5, 0.6) is 5.75 Å². The molecule has 0 bridgehead atoms. The van der Waals surface area contributed by atoms with E-state index in [-0.39, 0.29) is 18.4 Å². The van der Waals surface area contributed by atoms with Crippen LogP contribution in [0.2, 0.25) is 0 Å². The van der Waals surface area contributed by atoms with Crippen LogP contribution in [0.25, 0.3) is 0 Å². The largest absolute Gasteiger partial charge is 0.491 e. The number of benzene rings is 2. The van der Waals surface area contributed by atoms with Crippen molar-refractivity contribution >= 4 is 11.8 Å². The predicted octanol–water partition coefficient (Wildman–Crippen LogP) is 4.28. The number of carbonyl (C=O) groups is 2. The van der Waals surface area contributed by atoms with Crippen molar-refractivity contribution in [2.45, 2.75) is 39.2 Å². The molecule has 0 spiro atoms. The Labute approximate surface area is 166 Å². The Morgan fingerprint density at radius 3 is 2.00 bits per heavy atom. The molecule has 148 valence electrons. The lowest BCUT2D eigenvalue weighted by molar-refractivity contribution is 0.0103. The van der Waals surface area contributed by atoms with Gasteiger partial charge in [0.2, 0.25) is 0 Å². The highest BCUT2D eigenvalue weighted by Gasteiger charge is 2.43. The van der Waals surface area contributed by atoms with E-state index >= 15 is 0 Å². The molecule has 0 radical (unpaired) electrons. The van der Waals surface area contributed by atoms with Crippen LogP contribution in [0.1, 0.15) is 59.9 Å². The second-order valence-corrected chi connectivity index (χ2v) is 7.93. The summed E-state index contributed by atoms with van der Waals surface area (Å²) in [5.41, 5.74) is 1.43. The van der Waals surface area contributed by atoms with E-state index in [0.717, 1.165) is 5.75 Å². The van der Waals surface area contributed by atoms with Crippen molar-refractivity contribution in [2.24, 2.45) is 0 Å². The number of carbonyl (C=O) groups excluding carboxylic acids is 2. The Bertz CT molecular complexity index is 820. The monoisotopic (exact) mass is 381 g/mol. The first-order valence-corrected chi connectivity index (χ1v) is 9.59. The molecule has 1 aliphatic rings. The van der Waals surface area contributed by atoms with Gasteiger partial charge in [-0.1, -0.05) is 38.1 Å². The smallest absolute Gasteiger partial charge is 0.262 e. The van der Waals surface area contributed by atoms with E-state index in [1.807, 2.05) is 26.0 Å². The van der Waals surface area contributed by atoms with Crippen LogP contribution in [0.3, 0.4) is 0 Å². The highest BCUT2D eigenvalue weighted by atomic mass is 16.5. The molecule has 0 saturated heterocycles. The van der Waals surface area contributed by atoms with Gasteiger partial charge in [-0.25, -0.2) is 0 Å². The lowest BCUT2D eigenvalue weighted by Gasteiger charge is -2.33. The molecular weight excluding hydrogens is 354 g/mol. The fourth-order valence-electron chi connectivity index (χ4n) is 3.29. The number of amides is 2. The summed E-state index contributed by atoms with van der Waals surface area (Å²) in [6, 6.07) is 14.9. The van der Waals surface area contributed by atoms with Crippen molar-refractivity contribution in [3.05, 3.63) is 65.2 Å². The number of hydrogen-bond donors (Lipinski definition) is 0. The van der Waals surface area contributed by atoms with Gasteiger partial charge in [-0.15, -0.1) is 0 Å². The number of nitrogens with zero attached hydrogens (tertiary/aromatic N) is 1. The van der Waals surface area contributed by atoms with Crippen molar-refractivity contribution < 1.29 is 19.1 Å². The molecule has 28 heavy (non-hydrogen) atoms. The summed E-state index contributed by atoms with van der Waals surface area (Å²) >= 11 is 0. The van der Waals surface area contributed by atoms with Gasteiger partial charge in [-0.05, 0) is 49.6 Å². The minimum absolute atomic E-state index is 0.244. The molecule has 0 aromatic heterocycles. The first-order valence-electron chi connectivity index (χ1n) is 9.59. The molecule has 0 fully saturated rings. The average Bonchev–Trinajstić information content (AvgIpc) is 2.93. The summed E-state index contributed by atoms with van der Waals surface area (Å²) < 4.78 is 11.4. The van der Waals surface area contributed by atoms with Crippen molar-refractivity contribution in [1.82, 2.24) is 4.90 Å². The van der Waals surface area contributed by atoms with Gasteiger partial charge in [0, 0.05) is 0 Å². The third kappa shape index (κ3) is 4.09. The summed E-state index contributed by atoms with van der Waals surface area (Å²) in [5, 5.41) is 0. The fraction of sp³-hybridized carbons (Fsp3) is 0.391. The van der Waals surface area contributed by atoms with Crippen molar-refractivity contribution in [3.8, 4) is 5.75 Å². The maximum Gasteiger partial charge on any atom is 0.262 e. The van der Waals surface area contributed by atoms with Gasteiger partial charge >= 0.3 is 0 Å². The van der Waals surface area contributed by atoms with Crippen LogP contribution in [0.15, 0.2) is 48.5 Å². The third-order valence-electron chi connectivity index (χ3n) is 4.90. The van der Waals surface area contributed by atoms with Crippen LogP contribution in [0, 0.1) is 0 Å². The number of ether oxygens (including phenoxy) is 2. The van der Waals surface area contributed by atoms with E-state index in [1.165, 1.54) is 10.5 Å². The predicted molar refractivity (Wildman–Crippen MR) is 108 cm³/mol. The van der Waals surface area contributed by atoms with Gasteiger partial charge in [-0.3, -0.25) is 14.5 Å². The summed E-state index contributed by atoms with van der Waals surface area (Å²) in [7, 11) is 0. The molecule has 0 N–H and O–H groups in total. The maximum absolute atomic E-state index is 12.6. The molecule has 2 aromatic carbocycles. The van der Waals surface area contributed by atoms with E-state index in [1.54, 1.807) is 24.3 Å². The molecule has 2 aromatic rings. The Hall–Kier alpha value is -2.66. The van der Waals surface area contributed by atoms with E-state index in [2.05, 4.69) is 26.0 Å². The number of fused-ring (bicyclic) bond motifs is 1. The minimum atomic E-state index is -0.744. The zero-order valence-electron chi connectivity index (χ0n) is 16.9. The van der Waals surface area contributed by atoms with Crippen LogP contribution >= 0.6 is 0 Å². The van der Waals surface area contributed by atoms with Gasteiger partial charge in [0.05, 0.1) is 29.9 Å². The van der Waals surface area contributed by atoms with E-state index < -0.39 is 5.54 Å². The summed E-state index contributed by atoms with van der Waals surface area (Å²) in [6.07, 6.45) is 0. The maximum atomic E-state index is 12.6. The molecule has 2 amide bonds. The quantitative estimate of drug-likeness (QED) is 0.506. The van der Waals surface area contributed by atoms with Crippen molar-refractivity contribution in [2.75, 3.05) is 19.8 Å². The summed E-state index contributed by atoms with van der Waals surface area (Å²) in [6.45, 7) is 8.99. The summed E-state index contributed by atoms with van der Waals surface area (Å²) in [4.78, 5) is 26.6. The number of rotatable bonds is 8. The summed E-state index contributed by atoms with van der Waals surface area (Å²) in [5.74, 6) is 0.751. The third-order valence-corrected chi connectivity index (χ3v) is 4.90. The first kappa shape index (κ1) is 20.1. The Morgan fingerprint density at radius 2 is 1.46 bits per heavy atom. The molecule has 0 saturated carbocycles. The zero-order chi connectivity index (χ0) is 20.3. The van der Waals surface area contributed by atoms with E-state index in [0.29, 0.717) is 30.3 Å². The lowest BCUT2D eigenvalue weighted by Crippen LogP contribution is -2.50. The molecular formula is C23H27NO4. The molecule has 0 aliphatic carbocycles. The zero-order valence-corrected chi connectivity index (χ0v) is 16.9. The molecule has 1 aliphatic heterocycles. The van der Waals surface area contributed by atoms with Crippen LogP contribution in [-0.2, 0) is 4.74 Å². The van der Waals surface area contributed by atoms with E-state index in [9.17, 15) is 9.59 Å². The highest BCUT2D eigenvalue weighted by Crippen LogP contribution is 2.29. The van der Waals surface area contributed by atoms with Crippen LogP contribution in [0.4, 0.5) is 0 Å². The highest BCUT2D eigenvalue weighted by molar-refractivity contribution is 6.21. The van der Waals surface area contributed by atoms with Crippen LogP contribution < -0.4 is 4.74 Å². The van der Waals surface area contributed by atoms with Gasteiger partial charge in [-0.2, -0.15) is 0 Å². The lowest BCUT2D eigenvalue weighted by atomic mass is 10.0. The second-order valence-electron chi connectivity index (χ2n) is 7.93. The fourth-order valence-corrected chi connectivity index (χ4v) is 3.29. The van der Waals surface area contributed by atoms with E-state index in [4.69, 9.17) is 9.47 Å². The standard InChI is InChI=1S/C23H27NO4/c1-16(2)17-9-11-18(12-10-17)28-14-13-27-15-23(3,4)24-21(25)19-7-5-6-8-20(19)22(24)26/h5-12,16H,13-15H2,1-4H3. The molecule has 0 unspecified atom stereocenters. The number of imide groups is 1. The molecule has 3 rings (SSSR count). The topological polar surface area (TPSA) is 55.8 Å². The Morgan fingerprint density at radius 1 is 0.893 bits per heavy atom. The molecule has 5 nitrogen and oxygen atoms in total. The Kier molecular flexibility index (Phi) is 5.84. The van der Waals surface area contributed by atoms with Crippen LogP contribution in [-0.4, -0.2) is 42.1 Å². The molecule has 5 heteroatoms. The van der Waals surface area contributed by atoms with Gasteiger partial charge < -0.3 is 9.47 Å². The van der Waals surface area contributed by atoms with Crippen molar-refractivity contribution in [3.63, 3.8) is 0 Å². The number of hydrogen-bond acceptors (Lipinski definition) is 4. The second kappa shape index (κ2) is 8.15. The van der Waals surface area contributed by atoms with Gasteiger partial charge in [0.25, 0.3) is 11.8 Å².